The third kappa shape index (κ3) is 2.67. The van der Waals surface area contributed by atoms with Crippen molar-refractivity contribution in [3.05, 3.63) is 71.8 Å². The predicted molar refractivity (Wildman–Crippen MR) is 82.8 cm³/mol. The number of aliphatic imine (C=N–C) groups is 1. The number of rotatable bonds is 3. The van der Waals surface area contributed by atoms with E-state index in [0.717, 1.165) is 19.0 Å². The van der Waals surface area contributed by atoms with Crippen LogP contribution in [0.3, 0.4) is 0 Å². The van der Waals surface area contributed by atoms with Gasteiger partial charge in [-0.15, -0.1) is 0 Å². The summed E-state index contributed by atoms with van der Waals surface area (Å²) in [7, 11) is 2.08. The summed E-state index contributed by atoms with van der Waals surface area (Å²) in [5.74, 6) is 0.975. The molecule has 1 fully saturated rings. The van der Waals surface area contributed by atoms with E-state index in [9.17, 15) is 0 Å². The number of benzene rings is 2. The molecule has 1 N–H and O–H groups in total. The van der Waals surface area contributed by atoms with Crippen molar-refractivity contribution in [2.45, 2.75) is 6.04 Å². The van der Waals surface area contributed by atoms with E-state index < -0.39 is 0 Å². The second kappa shape index (κ2) is 5.78. The first-order valence-electron chi connectivity index (χ1n) is 6.97. The second-order valence-corrected chi connectivity index (χ2v) is 5.02. The molecule has 20 heavy (non-hydrogen) atoms. The molecule has 0 unspecified atom stereocenters. The minimum absolute atomic E-state index is 0.0421. The van der Waals surface area contributed by atoms with Crippen LogP contribution in [0.1, 0.15) is 17.2 Å². The molecule has 3 rings (SSSR count). The number of hydrogen-bond acceptors (Lipinski definition) is 1. The summed E-state index contributed by atoms with van der Waals surface area (Å²) in [5, 5.41) is 3.35. The number of nitrogens with zero attached hydrogens (tertiary/aromatic N) is 2. The van der Waals surface area contributed by atoms with Gasteiger partial charge in [-0.3, -0.25) is 0 Å². The largest absolute Gasteiger partial charge is 0.354 e. The predicted octanol–water partition coefficient (Wildman–Crippen LogP) is 2.67. The van der Waals surface area contributed by atoms with Gasteiger partial charge < -0.3 is 10.2 Å². The quantitative estimate of drug-likeness (QED) is 0.924. The summed E-state index contributed by atoms with van der Waals surface area (Å²) in [6.07, 6.45) is 0. The van der Waals surface area contributed by atoms with Gasteiger partial charge in [-0.25, -0.2) is 4.99 Å². The zero-order valence-electron chi connectivity index (χ0n) is 11.7. The Balaban J connectivity index is 2.00. The van der Waals surface area contributed by atoms with Gasteiger partial charge >= 0.3 is 0 Å². The lowest BCUT2D eigenvalue weighted by Gasteiger charge is -2.17. The van der Waals surface area contributed by atoms with Gasteiger partial charge in [0, 0.05) is 20.1 Å². The van der Waals surface area contributed by atoms with Crippen molar-refractivity contribution < 1.29 is 0 Å². The van der Waals surface area contributed by atoms with Gasteiger partial charge in [-0.05, 0) is 11.1 Å². The van der Waals surface area contributed by atoms with Gasteiger partial charge in [0.05, 0.1) is 0 Å². The Bertz CT molecular complexity index is 538. The highest BCUT2D eigenvalue weighted by Gasteiger charge is 2.18. The molecule has 3 heteroatoms. The Morgan fingerprint density at radius 2 is 1.50 bits per heavy atom. The van der Waals surface area contributed by atoms with E-state index in [1.807, 2.05) is 12.1 Å². The Kier molecular flexibility index (Phi) is 3.68. The van der Waals surface area contributed by atoms with Crippen LogP contribution in [0.5, 0.6) is 0 Å². The Morgan fingerprint density at radius 1 is 0.950 bits per heavy atom. The van der Waals surface area contributed by atoms with Gasteiger partial charge in [0.2, 0.25) is 0 Å². The Hall–Kier alpha value is -2.29. The molecule has 2 aromatic rings. The molecule has 102 valence electrons. The van der Waals surface area contributed by atoms with Crippen LogP contribution in [0.25, 0.3) is 0 Å². The highest BCUT2D eigenvalue weighted by atomic mass is 15.3. The first-order valence-corrected chi connectivity index (χ1v) is 6.97. The maximum atomic E-state index is 4.93. The van der Waals surface area contributed by atoms with Crippen molar-refractivity contribution >= 4 is 5.96 Å². The van der Waals surface area contributed by atoms with Gasteiger partial charge in [-0.2, -0.15) is 0 Å². The fourth-order valence-corrected chi connectivity index (χ4v) is 2.45. The normalized spacial score (nSPS) is 16.7. The standard InChI is InChI=1S/C17H19N3/c1-20-13-12-18-17(20)19-16(14-8-4-2-5-9-14)15-10-6-3-7-11-15/h2-11,16H,12-13H2,1H3,(H,18,19). The Labute approximate surface area is 120 Å². The van der Waals surface area contributed by atoms with E-state index in [4.69, 9.17) is 4.99 Å². The molecule has 2 aromatic carbocycles. The highest BCUT2D eigenvalue weighted by Crippen LogP contribution is 2.26. The third-order valence-electron chi connectivity index (χ3n) is 3.57. The molecule has 0 aliphatic carbocycles. The minimum Gasteiger partial charge on any atom is -0.354 e. The lowest BCUT2D eigenvalue weighted by atomic mass is 9.99. The molecular weight excluding hydrogens is 246 g/mol. The van der Waals surface area contributed by atoms with Crippen LogP contribution in [0, 0.1) is 0 Å². The molecule has 0 bridgehead atoms. The van der Waals surface area contributed by atoms with Gasteiger partial charge in [0.1, 0.15) is 6.04 Å². The van der Waals surface area contributed by atoms with Gasteiger partial charge in [-0.1, -0.05) is 60.7 Å². The maximum Gasteiger partial charge on any atom is 0.194 e. The summed E-state index contributed by atoms with van der Waals surface area (Å²) in [6, 6.07) is 20.9. The number of hydrogen-bond donors (Lipinski definition) is 1. The average molecular weight is 265 g/mol. The van der Waals surface area contributed by atoms with Crippen LogP contribution in [-0.2, 0) is 0 Å². The van der Waals surface area contributed by atoms with Crippen LogP contribution in [0.2, 0.25) is 0 Å². The Morgan fingerprint density at radius 3 is 1.95 bits per heavy atom. The van der Waals surface area contributed by atoms with Crippen LogP contribution >= 0.6 is 0 Å². The molecule has 0 radical (unpaired) electrons. The number of nitrogens with one attached hydrogen (secondary N) is 1. The molecule has 0 atom stereocenters. The van der Waals surface area contributed by atoms with Crippen molar-refractivity contribution in [2.24, 2.45) is 4.99 Å². The zero-order chi connectivity index (χ0) is 13.8. The molecule has 0 amide bonds. The molecule has 1 aliphatic heterocycles. The average Bonchev–Trinajstić information content (AvgIpc) is 2.92. The first-order chi connectivity index (χ1) is 9.84. The molecule has 0 spiro atoms. The summed E-state index contributed by atoms with van der Waals surface area (Å²) in [6.45, 7) is 1.97. The molecule has 3 nitrogen and oxygen atoms in total. The second-order valence-electron chi connectivity index (χ2n) is 5.02. The molecule has 1 heterocycles. The smallest absolute Gasteiger partial charge is 0.194 e. The lowest BCUT2D eigenvalue weighted by Crippen LogP contribution is -2.27. The fourth-order valence-electron chi connectivity index (χ4n) is 2.45. The topological polar surface area (TPSA) is 27.6 Å². The van der Waals surface area contributed by atoms with Crippen molar-refractivity contribution in [1.82, 2.24) is 10.2 Å². The molecule has 1 saturated heterocycles. The van der Waals surface area contributed by atoms with E-state index >= 15 is 0 Å². The SMILES string of the molecule is CN1CCN/C1=N\C(c1ccccc1)c1ccccc1. The van der Waals surface area contributed by atoms with Crippen LogP contribution in [0.4, 0.5) is 0 Å². The van der Waals surface area contributed by atoms with E-state index in [-0.39, 0.29) is 6.04 Å². The number of likely N-dealkylation sites (N-methyl/N-ethyl adjacent to an activating group) is 1. The van der Waals surface area contributed by atoms with E-state index in [1.54, 1.807) is 0 Å². The zero-order valence-corrected chi connectivity index (χ0v) is 11.7. The first kappa shape index (κ1) is 12.7. The monoisotopic (exact) mass is 265 g/mol. The van der Waals surface area contributed by atoms with Gasteiger partial charge in [0.25, 0.3) is 0 Å². The molecular formula is C17H19N3. The van der Waals surface area contributed by atoms with Crippen LogP contribution < -0.4 is 5.32 Å². The molecule has 1 aliphatic rings. The maximum absolute atomic E-state index is 4.93. The highest BCUT2D eigenvalue weighted by molar-refractivity contribution is 5.82. The summed E-state index contributed by atoms with van der Waals surface area (Å²) < 4.78 is 0. The summed E-state index contributed by atoms with van der Waals surface area (Å²) in [4.78, 5) is 7.09. The minimum atomic E-state index is 0.0421. The van der Waals surface area contributed by atoms with E-state index in [1.165, 1.54) is 11.1 Å². The lowest BCUT2D eigenvalue weighted by molar-refractivity contribution is 0.558. The van der Waals surface area contributed by atoms with Crippen molar-refractivity contribution in [1.29, 1.82) is 0 Å². The summed E-state index contributed by atoms with van der Waals surface area (Å²) >= 11 is 0. The third-order valence-corrected chi connectivity index (χ3v) is 3.57. The molecule has 0 saturated carbocycles. The van der Waals surface area contributed by atoms with E-state index in [0.29, 0.717) is 0 Å². The van der Waals surface area contributed by atoms with Crippen LogP contribution in [0.15, 0.2) is 65.7 Å². The molecule has 0 aromatic heterocycles. The summed E-state index contributed by atoms with van der Waals surface area (Å²) in [5.41, 5.74) is 2.43. The fraction of sp³-hybridized carbons (Fsp3) is 0.235. The van der Waals surface area contributed by atoms with Crippen molar-refractivity contribution in [2.75, 3.05) is 20.1 Å². The van der Waals surface area contributed by atoms with E-state index in [2.05, 4.69) is 65.8 Å². The van der Waals surface area contributed by atoms with Gasteiger partial charge in [0.15, 0.2) is 5.96 Å². The van der Waals surface area contributed by atoms with Crippen LogP contribution in [-0.4, -0.2) is 31.0 Å². The van der Waals surface area contributed by atoms with Crippen molar-refractivity contribution in [3.8, 4) is 0 Å². The van der Waals surface area contributed by atoms with Crippen molar-refractivity contribution in [3.63, 3.8) is 0 Å². The number of guanidine groups is 1.